The first-order chi connectivity index (χ1) is 12.7. The summed E-state index contributed by atoms with van der Waals surface area (Å²) in [5.41, 5.74) is 0.0378. The molecule has 4 fully saturated rings. The van der Waals surface area contributed by atoms with E-state index in [1.165, 1.54) is 12.0 Å². The third kappa shape index (κ3) is 2.66. The molecule has 2 bridgehead atoms. The molecule has 0 spiro atoms. The number of esters is 2. The second kappa shape index (κ2) is 6.28. The van der Waals surface area contributed by atoms with Gasteiger partial charge in [0.05, 0.1) is 18.9 Å². The lowest BCUT2D eigenvalue weighted by molar-refractivity contribution is -0.262. The lowest BCUT2D eigenvalue weighted by Gasteiger charge is -2.43. The minimum Gasteiger partial charge on any atom is -0.467 e. The summed E-state index contributed by atoms with van der Waals surface area (Å²) < 4.78 is 15.8. The summed E-state index contributed by atoms with van der Waals surface area (Å²) in [6.45, 7) is 6.99. The van der Waals surface area contributed by atoms with Crippen molar-refractivity contribution in [2.75, 3.05) is 13.7 Å². The van der Waals surface area contributed by atoms with Gasteiger partial charge in [-0.1, -0.05) is 19.6 Å². The number of carbonyl (C=O) groups is 3. The van der Waals surface area contributed by atoms with Crippen LogP contribution in [-0.2, 0) is 28.6 Å². The number of nitrogens with zero attached hydrogens (tertiary/aromatic N) is 1. The molecule has 0 radical (unpaired) electrons. The van der Waals surface area contributed by atoms with Crippen molar-refractivity contribution in [2.24, 2.45) is 23.7 Å². The summed E-state index contributed by atoms with van der Waals surface area (Å²) in [5, 5.41) is 10.7. The molecule has 1 N–H and O–H groups in total. The summed E-state index contributed by atoms with van der Waals surface area (Å²) in [5.74, 6) is -3.09. The van der Waals surface area contributed by atoms with Crippen LogP contribution < -0.4 is 0 Å². The minimum absolute atomic E-state index is 0.0378. The highest BCUT2D eigenvalue weighted by molar-refractivity contribution is 6.77. The third-order valence-corrected chi connectivity index (χ3v) is 9.53. The highest BCUT2D eigenvalue weighted by Crippen LogP contribution is 2.63. The molecule has 1 aliphatic carbocycles. The Hall–Kier alpha value is -1.45. The molecule has 1 saturated carbocycles. The number of carbonyl (C=O) groups excluding carboxylic acids is 3. The van der Waals surface area contributed by atoms with E-state index < -0.39 is 56.4 Å². The van der Waals surface area contributed by atoms with Crippen LogP contribution in [0.5, 0.6) is 0 Å². The molecule has 150 valence electrons. The zero-order valence-electron chi connectivity index (χ0n) is 16.1. The summed E-state index contributed by atoms with van der Waals surface area (Å²) in [7, 11) is -0.533. The number of aliphatic hydroxyl groups is 1. The first-order valence-corrected chi connectivity index (χ1v) is 13.2. The van der Waals surface area contributed by atoms with Crippen molar-refractivity contribution in [3.63, 3.8) is 0 Å². The van der Waals surface area contributed by atoms with Gasteiger partial charge in [-0.25, -0.2) is 4.79 Å². The van der Waals surface area contributed by atoms with Gasteiger partial charge >= 0.3 is 11.9 Å². The number of hydrogen-bond acceptors (Lipinski definition) is 7. The van der Waals surface area contributed by atoms with Gasteiger partial charge in [-0.15, -0.1) is 0 Å². The van der Waals surface area contributed by atoms with Crippen molar-refractivity contribution in [1.82, 2.24) is 4.90 Å². The second-order valence-corrected chi connectivity index (χ2v) is 14.5. The van der Waals surface area contributed by atoms with Crippen molar-refractivity contribution >= 4 is 25.9 Å². The van der Waals surface area contributed by atoms with E-state index >= 15 is 0 Å². The number of amides is 1. The molecule has 0 aromatic heterocycles. The van der Waals surface area contributed by atoms with E-state index in [4.69, 9.17) is 14.2 Å². The normalized spacial score (nSPS) is 43.0. The Morgan fingerprint density at radius 1 is 1.26 bits per heavy atom. The smallest absolute Gasteiger partial charge is 0.328 e. The number of likely N-dealkylation sites (tertiary alicyclic amines) is 1. The van der Waals surface area contributed by atoms with E-state index in [-0.39, 0.29) is 17.4 Å². The van der Waals surface area contributed by atoms with E-state index in [2.05, 4.69) is 19.6 Å². The van der Waals surface area contributed by atoms with Crippen molar-refractivity contribution in [2.45, 2.75) is 56.6 Å². The van der Waals surface area contributed by atoms with E-state index in [1.54, 1.807) is 0 Å². The minimum atomic E-state index is -1.84. The van der Waals surface area contributed by atoms with Gasteiger partial charge in [-0.05, 0) is 18.4 Å². The molecule has 3 aliphatic heterocycles. The first-order valence-electron chi connectivity index (χ1n) is 9.59. The number of ether oxygens (including phenoxy) is 3. The fourth-order valence-corrected chi connectivity index (χ4v) is 8.92. The van der Waals surface area contributed by atoms with Gasteiger partial charge in [-0.3, -0.25) is 9.59 Å². The predicted molar refractivity (Wildman–Crippen MR) is 94.8 cm³/mol. The third-order valence-electron chi connectivity index (χ3n) is 6.76. The van der Waals surface area contributed by atoms with Gasteiger partial charge in [0.1, 0.15) is 6.04 Å². The Bertz CT molecular complexity index is 677. The highest BCUT2D eigenvalue weighted by Gasteiger charge is 2.71. The van der Waals surface area contributed by atoms with Crippen LogP contribution in [0.1, 0.15) is 12.8 Å². The van der Waals surface area contributed by atoms with Crippen LogP contribution in [0, 0.1) is 23.7 Å². The van der Waals surface area contributed by atoms with Crippen LogP contribution in [0.15, 0.2) is 0 Å². The molecular formula is C18H27NO7Si. The average molecular weight is 398 g/mol. The molecule has 9 heteroatoms. The van der Waals surface area contributed by atoms with Crippen LogP contribution in [0.3, 0.4) is 0 Å². The molecule has 8 atom stereocenters. The molecule has 4 aliphatic rings. The number of fused-ring (bicyclic) bond motifs is 1. The largest absolute Gasteiger partial charge is 0.467 e. The average Bonchev–Trinajstić information content (AvgIpc) is 3.25. The van der Waals surface area contributed by atoms with Gasteiger partial charge < -0.3 is 24.2 Å². The second-order valence-electron chi connectivity index (χ2n) is 9.14. The van der Waals surface area contributed by atoms with Crippen LogP contribution in [-0.4, -0.2) is 68.2 Å². The van der Waals surface area contributed by atoms with Gasteiger partial charge in [-0.2, -0.15) is 0 Å². The first kappa shape index (κ1) is 18.9. The monoisotopic (exact) mass is 397 g/mol. The topological polar surface area (TPSA) is 102 Å². The maximum absolute atomic E-state index is 13.5. The Labute approximate surface area is 159 Å². The summed E-state index contributed by atoms with van der Waals surface area (Å²) in [4.78, 5) is 39.8. The van der Waals surface area contributed by atoms with Crippen molar-refractivity contribution < 1.29 is 33.7 Å². The Morgan fingerprint density at radius 2 is 1.96 bits per heavy atom. The number of aliphatic hydroxyl groups excluding tert-OH is 1. The van der Waals surface area contributed by atoms with Crippen LogP contribution in [0.25, 0.3) is 0 Å². The summed E-state index contributed by atoms with van der Waals surface area (Å²) in [6, 6.07) is -0.625. The molecule has 1 amide bonds. The molecule has 4 rings (SSSR count). The van der Waals surface area contributed by atoms with Crippen molar-refractivity contribution in [3.8, 4) is 0 Å². The summed E-state index contributed by atoms with van der Waals surface area (Å²) >= 11 is 0. The quantitative estimate of drug-likeness (QED) is 0.549. The molecule has 27 heavy (non-hydrogen) atoms. The zero-order valence-corrected chi connectivity index (χ0v) is 17.1. The Morgan fingerprint density at radius 3 is 2.59 bits per heavy atom. The van der Waals surface area contributed by atoms with Gasteiger partial charge in [0.25, 0.3) is 0 Å². The maximum Gasteiger partial charge on any atom is 0.328 e. The highest BCUT2D eigenvalue weighted by atomic mass is 28.3. The standard InChI is InChI=1S/C18H27NO7Si/c1-24-15(21)8-6-5-7-19(8)14(20)9-10-12-13(27(2,3)4)11(9)17(23)26-18(12)25-16(10)22/h8-13,17-18,23H,5-7H2,1-4H3/t8-,9-,10+,11-,12+,13-,17?,18-/m0/s1. The zero-order chi connectivity index (χ0) is 19.7. The number of hydrogen-bond donors (Lipinski definition) is 1. The molecule has 3 saturated heterocycles. The maximum atomic E-state index is 13.5. The predicted octanol–water partition coefficient (Wildman–Crippen LogP) is 0.569. The fourth-order valence-electron chi connectivity index (χ4n) is 5.87. The van der Waals surface area contributed by atoms with E-state index in [0.717, 1.165) is 0 Å². The molecule has 8 nitrogen and oxygen atoms in total. The lowest BCUT2D eigenvalue weighted by atomic mass is 9.86. The fraction of sp³-hybridized carbons (Fsp3) is 0.833. The van der Waals surface area contributed by atoms with E-state index in [9.17, 15) is 19.5 Å². The SMILES string of the molecule is COC(=O)[C@@H]1CCCN1C(=O)[C@H]1[C@H]2C(=O)O[C@H]3OC(O)[C@@H]1[C@H]([Si](C)(C)C)[C@H]32. The molecule has 0 aromatic rings. The Kier molecular flexibility index (Phi) is 4.39. The molecule has 1 unspecified atom stereocenters. The number of methoxy groups -OCH3 is 1. The van der Waals surface area contributed by atoms with Crippen molar-refractivity contribution in [1.29, 1.82) is 0 Å². The van der Waals surface area contributed by atoms with Gasteiger partial charge in [0.15, 0.2) is 6.29 Å². The number of rotatable bonds is 3. The van der Waals surface area contributed by atoms with Gasteiger partial charge in [0, 0.05) is 26.5 Å². The van der Waals surface area contributed by atoms with E-state index in [1.807, 2.05) is 0 Å². The Balaban J connectivity index is 1.72. The lowest BCUT2D eigenvalue weighted by Crippen LogP contribution is -2.52. The summed E-state index contributed by atoms with van der Waals surface area (Å²) in [6.07, 6.45) is -0.666. The molecule has 3 heterocycles. The van der Waals surface area contributed by atoms with Gasteiger partial charge in [0.2, 0.25) is 12.2 Å². The van der Waals surface area contributed by atoms with Crippen LogP contribution in [0.4, 0.5) is 0 Å². The van der Waals surface area contributed by atoms with Crippen LogP contribution in [0.2, 0.25) is 25.2 Å². The molecular weight excluding hydrogens is 370 g/mol. The van der Waals surface area contributed by atoms with Crippen LogP contribution >= 0.6 is 0 Å². The van der Waals surface area contributed by atoms with Crippen molar-refractivity contribution in [3.05, 3.63) is 0 Å². The van der Waals surface area contributed by atoms with E-state index in [0.29, 0.717) is 19.4 Å². The molecule has 0 aromatic carbocycles.